The number of benzene rings is 1. The summed E-state index contributed by atoms with van der Waals surface area (Å²) in [5.41, 5.74) is 3.13. The van der Waals surface area contributed by atoms with Crippen LogP contribution in [0.1, 0.15) is 18.9 Å². The summed E-state index contributed by atoms with van der Waals surface area (Å²) in [5, 5.41) is 6.09. The van der Waals surface area contributed by atoms with Gasteiger partial charge in [0.25, 0.3) is 0 Å². The van der Waals surface area contributed by atoms with Crippen LogP contribution in [0, 0.1) is 0 Å². The molecule has 1 heterocycles. The molecule has 0 saturated carbocycles. The molecule has 2 rings (SSSR count). The Morgan fingerprint density at radius 2 is 2.44 bits per heavy atom. The second kappa shape index (κ2) is 4.88. The number of carbonyl (C=O) groups excluding carboxylic acids is 1. The summed E-state index contributed by atoms with van der Waals surface area (Å²) < 4.78 is 4.87. The predicted octanol–water partition coefficient (Wildman–Crippen LogP) is 2.61. The van der Waals surface area contributed by atoms with Gasteiger partial charge < -0.3 is 10.1 Å². The van der Waals surface area contributed by atoms with Gasteiger partial charge in [-0.15, -0.1) is 0 Å². The van der Waals surface area contributed by atoms with E-state index >= 15 is 0 Å². The summed E-state index contributed by atoms with van der Waals surface area (Å²) in [7, 11) is 0. The molecule has 1 aliphatic heterocycles. The van der Waals surface area contributed by atoms with Crippen LogP contribution in [-0.2, 0) is 11.2 Å². The van der Waals surface area contributed by atoms with Crippen molar-refractivity contribution in [3.8, 4) is 0 Å². The van der Waals surface area contributed by atoms with E-state index in [0.29, 0.717) is 6.61 Å². The predicted molar refractivity (Wildman–Crippen MR) is 63.9 cm³/mol. The number of ether oxygens (including phenoxy) is 1. The van der Waals surface area contributed by atoms with Crippen LogP contribution in [0.3, 0.4) is 0 Å². The van der Waals surface area contributed by atoms with Gasteiger partial charge in [-0.2, -0.15) is 0 Å². The Morgan fingerprint density at radius 1 is 1.56 bits per heavy atom. The molecular formula is C12H16N2O2. The van der Waals surface area contributed by atoms with Gasteiger partial charge in [-0.3, -0.25) is 5.32 Å². The molecule has 0 aliphatic carbocycles. The SMILES string of the molecule is CCOC(=O)Nc1cccc2c1CCCN2. The number of hydrogen-bond acceptors (Lipinski definition) is 3. The highest BCUT2D eigenvalue weighted by Crippen LogP contribution is 2.28. The van der Waals surface area contributed by atoms with Crippen molar-refractivity contribution in [3.05, 3.63) is 23.8 Å². The summed E-state index contributed by atoms with van der Waals surface area (Å²) in [5.74, 6) is 0. The lowest BCUT2D eigenvalue weighted by Gasteiger charge is -2.20. The summed E-state index contributed by atoms with van der Waals surface area (Å²) in [6.07, 6.45) is 1.70. The van der Waals surface area contributed by atoms with Crippen molar-refractivity contribution < 1.29 is 9.53 Å². The molecule has 0 fully saturated rings. The molecule has 1 aromatic carbocycles. The standard InChI is InChI=1S/C12H16N2O2/c1-2-16-12(15)14-11-7-3-6-10-9(11)5-4-8-13-10/h3,6-7,13H,2,4-5,8H2,1H3,(H,14,15). The molecule has 1 aromatic rings. The Bertz CT molecular complexity index is 391. The summed E-state index contributed by atoms with van der Waals surface area (Å²) in [6.45, 7) is 3.18. The first-order chi connectivity index (χ1) is 7.81. The number of rotatable bonds is 2. The van der Waals surface area contributed by atoms with Crippen molar-refractivity contribution in [2.24, 2.45) is 0 Å². The van der Waals surface area contributed by atoms with E-state index in [1.54, 1.807) is 6.92 Å². The number of nitrogens with one attached hydrogen (secondary N) is 2. The molecule has 0 unspecified atom stereocenters. The van der Waals surface area contributed by atoms with Gasteiger partial charge >= 0.3 is 6.09 Å². The van der Waals surface area contributed by atoms with Crippen LogP contribution in [-0.4, -0.2) is 19.2 Å². The molecule has 0 radical (unpaired) electrons. The fourth-order valence-electron chi connectivity index (χ4n) is 1.90. The van der Waals surface area contributed by atoms with E-state index in [9.17, 15) is 4.79 Å². The lowest BCUT2D eigenvalue weighted by Crippen LogP contribution is -2.18. The molecular weight excluding hydrogens is 204 g/mol. The third-order valence-corrected chi connectivity index (χ3v) is 2.61. The van der Waals surface area contributed by atoms with Gasteiger partial charge in [0.05, 0.1) is 6.61 Å². The zero-order valence-corrected chi connectivity index (χ0v) is 9.38. The Balaban J connectivity index is 2.17. The number of fused-ring (bicyclic) bond motifs is 1. The highest BCUT2D eigenvalue weighted by atomic mass is 16.5. The van der Waals surface area contributed by atoms with Crippen LogP contribution in [0.5, 0.6) is 0 Å². The van der Waals surface area contributed by atoms with Crippen molar-refractivity contribution in [1.29, 1.82) is 0 Å². The smallest absolute Gasteiger partial charge is 0.411 e. The molecule has 0 aromatic heterocycles. The highest BCUT2D eigenvalue weighted by molar-refractivity contribution is 5.87. The van der Waals surface area contributed by atoms with Gasteiger partial charge in [0.1, 0.15) is 0 Å². The maximum Gasteiger partial charge on any atom is 0.411 e. The minimum Gasteiger partial charge on any atom is -0.450 e. The molecule has 86 valence electrons. The topological polar surface area (TPSA) is 50.4 Å². The van der Waals surface area contributed by atoms with Crippen molar-refractivity contribution in [1.82, 2.24) is 0 Å². The number of anilines is 2. The van der Waals surface area contributed by atoms with E-state index in [4.69, 9.17) is 4.74 Å². The van der Waals surface area contributed by atoms with E-state index in [-0.39, 0.29) is 6.09 Å². The third-order valence-electron chi connectivity index (χ3n) is 2.61. The van der Waals surface area contributed by atoms with Crippen LogP contribution < -0.4 is 10.6 Å². The van der Waals surface area contributed by atoms with E-state index in [1.165, 1.54) is 5.56 Å². The van der Waals surface area contributed by atoms with Crippen molar-refractivity contribution in [2.45, 2.75) is 19.8 Å². The fourth-order valence-corrected chi connectivity index (χ4v) is 1.90. The van der Waals surface area contributed by atoms with E-state index in [2.05, 4.69) is 10.6 Å². The van der Waals surface area contributed by atoms with E-state index < -0.39 is 0 Å². The minimum atomic E-state index is -0.388. The molecule has 4 heteroatoms. The van der Waals surface area contributed by atoms with Gasteiger partial charge in [-0.25, -0.2) is 4.79 Å². The molecule has 0 saturated heterocycles. The second-order valence-corrected chi connectivity index (χ2v) is 3.71. The van der Waals surface area contributed by atoms with Crippen LogP contribution >= 0.6 is 0 Å². The van der Waals surface area contributed by atoms with Gasteiger partial charge in [0, 0.05) is 17.9 Å². The molecule has 4 nitrogen and oxygen atoms in total. The summed E-state index contributed by atoms with van der Waals surface area (Å²) in [6, 6.07) is 5.87. The Hall–Kier alpha value is -1.71. The molecule has 0 spiro atoms. The first-order valence-electron chi connectivity index (χ1n) is 5.61. The average Bonchev–Trinajstić information content (AvgIpc) is 2.30. The molecule has 0 bridgehead atoms. The Morgan fingerprint density at radius 3 is 3.25 bits per heavy atom. The monoisotopic (exact) mass is 220 g/mol. The molecule has 16 heavy (non-hydrogen) atoms. The van der Waals surface area contributed by atoms with Crippen LogP contribution in [0.25, 0.3) is 0 Å². The lowest BCUT2D eigenvalue weighted by atomic mass is 10.0. The highest BCUT2D eigenvalue weighted by Gasteiger charge is 2.13. The number of amides is 1. The van der Waals surface area contributed by atoms with E-state index in [0.717, 1.165) is 30.8 Å². The normalized spacial score (nSPS) is 13.6. The lowest BCUT2D eigenvalue weighted by molar-refractivity contribution is 0.168. The first-order valence-corrected chi connectivity index (χ1v) is 5.61. The van der Waals surface area contributed by atoms with Gasteiger partial charge in [0.2, 0.25) is 0 Å². The zero-order chi connectivity index (χ0) is 11.4. The maximum absolute atomic E-state index is 11.3. The minimum absolute atomic E-state index is 0.388. The molecule has 1 amide bonds. The average molecular weight is 220 g/mol. The number of hydrogen-bond donors (Lipinski definition) is 2. The third kappa shape index (κ3) is 2.27. The molecule has 1 aliphatic rings. The van der Waals surface area contributed by atoms with Crippen LogP contribution in [0.15, 0.2) is 18.2 Å². The molecule has 2 N–H and O–H groups in total. The van der Waals surface area contributed by atoms with E-state index in [1.807, 2.05) is 18.2 Å². The summed E-state index contributed by atoms with van der Waals surface area (Å²) >= 11 is 0. The van der Waals surface area contributed by atoms with Gasteiger partial charge in [-0.1, -0.05) is 6.07 Å². The fraction of sp³-hybridized carbons (Fsp3) is 0.417. The van der Waals surface area contributed by atoms with Crippen LogP contribution in [0.4, 0.5) is 16.2 Å². The number of carbonyl (C=O) groups is 1. The maximum atomic E-state index is 11.3. The van der Waals surface area contributed by atoms with Crippen molar-refractivity contribution in [3.63, 3.8) is 0 Å². The van der Waals surface area contributed by atoms with Crippen molar-refractivity contribution >= 4 is 17.5 Å². The zero-order valence-electron chi connectivity index (χ0n) is 9.38. The molecule has 0 atom stereocenters. The van der Waals surface area contributed by atoms with Gasteiger partial charge in [-0.05, 0) is 37.5 Å². The summed E-state index contributed by atoms with van der Waals surface area (Å²) in [4.78, 5) is 11.3. The second-order valence-electron chi connectivity index (χ2n) is 3.71. The largest absolute Gasteiger partial charge is 0.450 e. The van der Waals surface area contributed by atoms with Crippen LogP contribution in [0.2, 0.25) is 0 Å². The van der Waals surface area contributed by atoms with Gasteiger partial charge in [0.15, 0.2) is 0 Å². The Labute approximate surface area is 95.0 Å². The first kappa shape index (κ1) is 10.8. The Kier molecular flexibility index (Phi) is 3.29. The quantitative estimate of drug-likeness (QED) is 0.805. The van der Waals surface area contributed by atoms with Crippen molar-refractivity contribution in [2.75, 3.05) is 23.8 Å².